The summed E-state index contributed by atoms with van der Waals surface area (Å²) in [5.41, 5.74) is 1.06. The number of carbonyl (C=O) groups is 1. The molecule has 0 spiro atoms. The number of anilines is 1. The number of rotatable bonds is 4. The average Bonchev–Trinajstić information content (AvgIpc) is 2.07. The van der Waals surface area contributed by atoms with Crippen LogP contribution in [-0.2, 0) is 4.79 Å². The van der Waals surface area contributed by atoms with Crippen molar-refractivity contribution in [2.24, 2.45) is 0 Å². The second kappa shape index (κ2) is 4.50. The van der Waals surface area contributed by atoms with Crippen molar-refractivity contribution < 1.29 is 4.79 Å². The number of para-hydroxylation sites is 1. The minimum Gasteiger partial charge on any atom is -0.385 e. The summed E-state index contributed by atoms with van der Waals surface area (Å²) in [5, 5.41) is 3.11. The lowest BCUT2D eigenvalue weighted by Gasteiger charge is -2.01. The normalized spacial score (nSPS) is 9.09. The first-order valence-corrected chi connectivity index (χ1v) is 3.66. The summed E-state index contributed by atoms with van der Waals surface area (Å²) in [6, 6.07) is 9.84. The maximum absolute atomic E-state index is 9.96. The Labute approximate surface area is 66.2 Å². The van der Waals surface area contributed by atoms with Crippen LogP contribution in [0.5, 0.6) is 0 Å². The highest BCUT2D eigenvalue weighted by Crippen LogP contribution is 2.03. The van der Waals surface area contributed by atoms with Gasteiger partial charge in [-0.2, -0.15) is 0 Å². The molecule has 0 saturated heterocycles. The maximum atomic E-state index is 9.96. The van der Waals surface area contributed by atoms with Gasteiger partial charge in [-0.05, 0) is 12.1 Å². The van der Waals surface area contributed by atoms with E-state index in [4.69, 9.17) is 0 Å². The van der Waals surface area contributed by atoms with Gasteiger partial charge in [-0.25, -0.2) is 0 Å². The van der Waals surface area contributed by atoms with Crippen molar-refractivity contribution in [1.29, 1.82) is 0 Å². The van der Waals surface area contributed by atoms with E-state index in [-0.39, 0.29) is 0 Å². The van der Waals surface area contributed by atoms with Crippen molar-refractivity contribution in [2.75, 3.05) is 11.9 Å². The fourth-order valence-corrected chi connectivity index (χ4v) is 0.831. The highest BCUT2D eigenvalue weighted by molar-refractivity contribution is 5.51. The summed E-state index contributed by atoms with van der Waals surface area (Å²) in [4.78, 5) is 9.96. The Bertz CT molecular complexity index is 208. The zero-order valence-electron chi connectivity index (χ0n) is 6.29. The van der Waals surface area contributed by atoms with Crippen LogP contribution in [0.25, 0.3) is 0 Å². The van der Waals surface area contributed by atoms with Crippen molar-refractivity contribution in [3.8, 4) is 0 Å². The lowest BCUT2D eigenvalue weighted by atomic mass is 10.3. The van der Waals surface area contributed by atoms with Gasteiger partial charge in [0, 0.05) is 18.7 Å². The van der Waals surface area contributed by atoms with Gasteiger partial charge in [-0.15, -0.1) is 0 Å². The molecule has 0 aliphatic carbocycles. The molecule has 1 aromatic rings. The highest BCUT2D eigenvalue weighted by Gasteiger charge is 1.86. The fourth-order valence-electron chi connectivity index (χ4n) is 0.831. The van der Waals surface area contributed by atoms with Crippen molar-refractivity contribution in [2.45, 2.75) is 6.42 Å². The molecule has 0 fully saturated rings. The lowest BCUT2D eigenvalue weighted by Crippen LogP contribution is -2.00. The molecule has 58 valence electrons. The third-order valence-corrected chi connectivity index (χ3v) is 1.37. The van der Waals surface area contributed by atoms with Gasteiger partial charge < -0.3 is 10.1 Å². The number of aldehydes is 1. The van der Waals surface area contributed by atoms with E-state index in [9.17, 15) is 4.79 Å². The van der Waals surface area contributed by atoms with Crippen LogP contribution < -0.4 is 5.32 Å². The minimum atomic E-state index is 0.564. The first-order valence-electron chi connectivity index (χ1n) is 3.66. The van der Waals surface area contributed by atoms with Crippen molar-refractivity contribution in [3.63, 3.8) is 0 Å². The second-order valence-corrected chi connectivity index (χ2v) is 2.25. The van der Waals surface area contributed by atoms with Crippen molar-refractivity contribution in [1.82, 2.24) is 0 Å². The lowest BCUT2D eigenvalue weighted by molar-refractivity contribution is -0.107. The first kappa shape index (κ1) is 7.79. The predicted molar refractivity (Wildman–Crippen MR) is 45.6 cm³/mol. The third-order valence-electron chi connectivity index (χ3n) is 1.37. The summed E-state index contributed by atoms with van der Waals surface area (Å²) in [5.74, 6) is 0. The molecule has 0 atom stereocenters. The van der Waals surface area contributed by atoms with Crippen LogP contribution >= 0.6 is 0 Å². The Balaban J connectivity index is 2.33. The Hall–Kier alpha value is -1.31. The van der Waals surface area contributed by atoms with E-state index >= 15 is 0 Å². The number of benzene rings is 1. The average molecular weight is 149 g/mol. The summed E-state index contributed by atoms with van der Waals surface area (Å²) in [6.45, 7) is 0.716. The molecule has 0 unspecified atom stereocenters. The Morgan fingerprint density at radius 3 is 2.64 bits per heavy atom. The maximum Gasteiger partial charge on any atom is 0.121 e. The van der Waals surface area contributed by atoms with Gasteiger partial charge in [-0.3, -0.25) is 0 Å². The van der Waals surface area contributed by atoms with Crippen LogP contribution in [0.4, 0.5) is 5.69 Å². The first-order chi connectivity index (χ1) is 5.43. The smallest absolute Gasteiger partial charge is 0.121 e. The van der Waals surface area contributed by atoms with Crippen LogP contribution in [0.3, 0.4) is 0 Å². The summed E-state index contributed by atoms with van der Waals surface area (Å²) < 4.78 is 0. The Kier molecular flexibility index (Phi) is 3.19. The molecular weight excluding hydrogens is 138 g/mol. The molecule has 0 aliphatic heterocycles. The molecule has 1 rings (SSSR count). The molecule has 1 N–H and O–H groups in total. The van der Waals surface area contributed by atoms with Crippen LogP contribution in [0.1, 0.15) is 6.42 Å². The highest BCUT2D eigenvalue weighted by atomic mass is 16.1. The van der Waals surface area contributed by atoms with E-state index in [0.29, 0.717) is 13.0 Å². The summed E-state index contributed by atoms with van der Waals surface area (Å²) in [6.07, 6.45) is 1.48. The molecule has 0 saturated carbocycles. The molecule has 1 aromatic carbocycles. The monoisotopic (exact) mass is 149 g/mol. The van der Waals surface area contributed by atoms with Gasteiger partial charge in [0.25, 0.3) is 0 Å². The molecule has 0 heterocycles. The molecular formula is C9H11NO. The zero-order valence-corrected chi connectivity index (χ0v) is 6.29. The van der Waals surface area contributed by atoms with Crippen LogP contribution in [0, 0.1) is 0 Å². The van der Waals surface area contributed by atoms with Crippen molar-refractivity contribution >= 4 is 12.0 Å². The SMILES string of the molecule is O=CCCNc1ccccc1. The largest absolute Gasteiger partial charge is 0.385 e. The van der Waals surface area contributed by atoms with E-state index in [1.165, 1.54) is 0 Å². The van der Waals surface area contributed by atoms with Gasteiger partial charge in [0.1, 0.15) is 6.29 Å². The number of hydrogen-bond donors (Lipinski definition) is 1. The fraction of sp³-hybridized carbons (Fsp3) is 0.222. The standard InChI is InChI=1S/C9H11NO/c11-8-4-7-10-9-5-2-1-3-6-9/h1-3,5-6,8,10H,4,7H2. The molecule has 2 heteroatoms. The summed E-state index contributed by atoms with van der Waals surface area (Å²) in [7, 11) is 0. The van der Waals surface area contributed by atoms with Gasteiger partial charge in [0.15, 0.2) is 0 Å². The zero-order chi connectivity index (χ0) is 7.94. The number of carbonyl (C=O) groups excluding carboxylic acids is 1. The van der Waals surface area contributed by atoms with E-state index in [0.717, 1.165) is 12.0 Å². The van der Waals surface area contributed by atoms with E-state index < -0.39 is 0 Å². The number of hydrogen-bond acceptors (Lipinski definition) is 2. The van der Waals surface area contributed by atoms with Gasteiger partial charge >= 0.3 is 0 Å². The van der Waals surface area contributed by atoms with Crippen molar-refractivity contribution in [3.05, 3.63) is 30.3 Å². The molecule has 0 aromatic heterocycles. The Morgan fingerprint density at radius 1 is 1.27 bits per heavy atom. The summed E-state index contributed by atoms with van der Waals surface area (Å²) >= 11 is 0. The topological polar surface area (TPSA) is 29.1 Å². The van der Waals surface area contributed by atoms with Gasteiger partial charge in [-0.1, -0.05) is 18.2 Å². The van der Waals surface area contributed by atoms with E-state index in [2.05, 4.69) is 5.32 Å². The van der Waals surface area contributed by atoms with E-state index in [1.807, 2.05) is 30.3 Å². The third kappa shape index (κ3) is 2.85. The molecule has 0 aliphatic rings. The number of nitrogens with one attached hydrogen (secondary N) is 1. The quantitative estimate of drug-likeness (QED) is 0.521. The molecule has 0 bridgehead atoms. The van der Waals surface area contributed by atoms with Gasteiger partial charge in [0.05, 0.1) is 0 Å². The van der Waals surface area contributed by atoms with Gasteiger partial charge in [0.2, 0.25) is 0 Å². The molecule has 0 radical (unpaired) electrons. The van der Waals surface area contributed by atoms with Crippen LogP contribution in [-0.4, -0.2) is 12.8 Å². The molecule has 0 amide bonds. The predicted octanol–water partition coefficient (Wildman–Crippen LogP) is 1.69. The second-order valence-electron chi connectivity index (χ2n) is 2.25. The molecule has 11 heavy (non-hydrogen) atoms. The minimum absolute atomic E-state index is 0.564. The molecule has 2 nitrogen and oxygen atoms in total. The van der Waals surface area contributed by atoms with Crippen LogP contribution in [0.15, 0.2) is 30.3 Å². The Morgan fingerprint density at radius 2 is 2.00 bits per heavy atom. The van der Waals surface area contributed by atoms with E-state index in [1.54, 1.807) is 0 Å². The van der Waals surface area contributed by atoms with Crippen LogP contribution in [0.2, 0.25) is 0 Å².